The number of esters is 1. The number of hydrogen-bond donors (Lipinski definition) is 2. The summed E-state index contributed by atoms with van der Waals surface area (Å²) in [6.07, 6.45) is 3.45. The number of amides is 1. The molecule has 0 heterocycles. The Morgan fingerprint density at radius 1 is 1.43 bits per heavy atom. The molecule has 5 nitrogen and oxygen atoms in total. The van der Waals surface area contributed by atoms with Crippen LogP contribution >= 0.6 is 11.6 Å². The van der Waals surface area contributed by atoms with Crippen molar-refractivity contribution in [1.82, 2.24) is 0 Å². The number of nitrogens with one attached hydrogen (secondary N) is 1. The average Bonchev–Trinajstić information content (AvgIpc) is 2.44. The van der Waals surface area contributed by atoms with Crippen molar-refractivity contribution in [3.05, 3.63) is 28.8 Å². The molecule has 0 atom stereocenters. The van der Waals surface area contributed by atoms with Crippen LogP contribution in [0.5, 0.6) is 0 Å². The third kappa shape index (κ3) is 3.54. The first kappa shape index (κ1) is 15.8. The van der Waals surface area contributed by atoms with E-state index in [9.17, 15) is 9.59 Å². The van der Waals surface area contributed by atoms with E-state index in [2.05, 4.69) is 10.1 Å². The molecule has 6 heteroatoms. The molecular formula is C15H19ClN2O3. The predicted molar refractivity (Wildman–Crippen MR) is 81.4 cm³/mol. The van der Waals surface area contributed by atoms with Crippen molar-refractivity contribution < 1.29 is 14.3 Å². The summed E-state index contributed by atoms with van der Waals surface area (Å²) in [7, 11) is 1.30. The van der Waals surface area contributed by atoms with Crippen LogP contribution in [0.25, 0.3) is 0 Å². The van der Waals surface area contributed by atoms with E-state index in [1.807, 2.05) is 0 Å². The molecular weight excluding hydrogens is 292 g/mol. The minimum atomic E-state index is -0.473. The highest BCUT2D eigenvalue weighted by molar-refractivity contribution is 6.33. The minimum Gasteiger partial charge on any atom is -0.465 e. The first-order valence-electron chi connectivity index (χ1n) is 6.87. The van der Waals surface area contributed by atoms with Gasteiger partial charge in [0.25, 0.3) is 0 Å². The number of nitrogens with two attached hydrogens (primary N) is 1. The van der Waals surface area contributed by atoms with Gasteiger partial charge in [-0.1, -0.05) is 18.0 Å². The van der Waals surface area contributed by atoms with Gasteiger partial charge in [-0.2, -0.15) is 0 Å². The molecule has 1 aliphatic rings. The summed E-state index contributed by atoms with van der Waals surface area (Å²) < 4.78 is 4.65. The van der Waals surface area contributed by atoms with Gasteiger partial charge in [0.1, 0.15) is 0 Å². The summed E-state index contributed by atoms with van der Waals surface area (Å²) in [5, 5.41) is 3.13. The lowest BCUT2D eigenvalue weighted by Gasteiger charge is -2.40. The predicted octanol–water partition coefficient (Wildman–Crippen LogP) is 2.58. The second-order valence-corrected chi connectivity index (χ2v) is 5.88. The van der Waals surface area contributed by atoms with Crippen LogP contribution in [0.3, 0.4) is 0 Å². The summed E-state index contributed by atoms with van der Waals surface area (Å²) in [5.74, 6) is -0.608. The van der Waals surface area contributed by atoms with Gasteiger partial charge in [-0.3, -0.25) is 4.79 Å². The number of benzene rings is 1. The Kier molecular flexibility index (Phi) is 4.85. The molecule has 1 aliphatic carbocycles. The van der Waals surface area contributed by atoms with Crippen molar-refractivity contribution in [2.45, 2.75) is 25.7 Å². The highest BCUT2D eigenvalue weighted by Gasteiger charge is 2.37. The maximum Gasteiger partial charge on any atom is 0.337 e. The molecule has 0 spiro atoms. The van der Waals surface area contributed by atoms with Gasteiger partial charge in [0.2, 0.25) is 5.91 Å². The van der Waals surface area contributed by atoms with Gasteiger partial charge < -0.3 is 15.8 Å². The standard InChI is InChI=1S/C15H19ClN2O3/c1-21-14(20)10-3-4-11(16)12(7-10)18-13(19)8-15(9-17)5-2-6-15/h3-4,7H,2,5-6,8-9,17H2,1H3,(H,18,19). The van der Waals surface area contributed by atoms with Crippen LogP contribution in [-0.4, -0.2) is 25.5 Å². The first-order valence-corrected chi connectivity index (χ1v) is 7.25. The Morgan fingerprint density at radius 2 is 2.14 bits per heavy atom. The van der Waals surface area contributed by atoms with Crippen molar-refractivity contribution >= 4 is 29.2 Å². The van der Waals surface area contributed by atoms with E-state index in [1.54, 1.807) is 12.1 Å². The monoisotopic (exact) mass is 310 g/mol. The van der Waals surface area contributed by atoms with Crippen molar-refractivity contribution in [3.63, 3.8) is 0 Å². The van der Waals surface area contributed by atoms with Gasteiger partial charge in [-0.25, -0.2) is 4.79 Å². The largest absolute Gasteiger partial charge is 0.465 e. The van der Waals surface area contributed by atoms with Gasteiger partial charge in [0, 0.05) is 6.42 Å². The van der Waals surface area contributed by atoms with Gasteiger partial charge in [0.05, 0.1) is 23.4 Å². The molecule has 1 aromatic rings. The highest BCUT2D eigenvalue weighted by Crippen LogP contribution is 2.43. The molecule has 0 aromatic heterocycles. The smallest absolute Gasteiger partial charge is 0.337 e. The molecule has 1 saturated carbocycles. The summed E-state index contributed by atoms with van der Waals surface area (Å²) >= 11 is 6.05. The quantitative estimate of drug-likeness (QED) is 0.819. The van der Waals surface area contributed by atoms with Crippen molar-refractivity contribution in [2.24, 2.45) is 11.1 Å². The molecule has 0 saturated heterocycles. The summed E-state index contributed by atoms with van der Waals surface area (Å²) in [6.45, 7) is 0.510. The summed E-state index contributed by atoms with van der Waals surface area (Å²) in [5.41, 5.74) is 6.44. The van der Waals surface area contributed by atoms with Gasteiger partial charge in [-0.05, 0) is 43.0 Å². The second-order valence-electron chi connectivity index (χ2n) is 5.47. The fraction of sp³-hybridized carbons (Fsp3) is 0.467. The Balaban J connectivity index is 2.08. The summed E-state index contributed by atoms with van der Waals surface area (Å²) in [4.78, 5) is 23.6. The molecule has 1 amide bonds. The van der Waals surface area contributed by atoms with Crippen LogP contribution in [0, 0.1) is 5.41 Å². The third-order valence-electron chi connectivity index (χ3n) is 4.04. The Morgan fingerprint density at radius 3 is 2.67 bits per heavy atom. The van der Waals surface area contributed by atoms with Gasteiger partial charge >= 0.3 is 5.97 Å². The molecule has 1 fully saturated rings. The van der Waals surface area contributed by atoms with E-state index in [0.717, 1.165) is 19.3 Å². The van der Waals surface area contributed by atoms with E-state index < -0.39 is 5.97 Å². The van der Waals surface area contributed by atoms with Gasteiger partial charge in [0.15, 0.2) is 0 Å². The number of ether oxygens (including phenoxy) is 1. The Labute approximate surface area is 128 Å². The molecule has 0 aliphatic heterocycles. The normalized spacial score (nSPS) is 16.0. The van der Waals surface area contributed by atoms with Crippen molar-refractivity contribution in [2.75, 3.05) is 19.0 Å². The van der Waals surface area contributed by atoms with Gasteiger partial charge in [-0.15, -0.1) is 0 Å². The fourth-order valence-electron chi connectivity index (χ4n) is 2.53. The number of hydrogen-bond acceptors (Lipinski definition) is 4. The zero-order valence-electron chi connectivity index (χ0n) is 11.9. The van der Waals surface area contributed by atoms with E-state index in [1.165, 1.54) is 13.2 Å². The lowest BCUT2D eigenvalue weighted by atomic mass is 9.66. The Hall–Kier alpha value is -1.59. The van der Waals surface area contributed by atoms with E-state index in [4.69, 9.17) is 17.3 Å². The van der Waals surface area contributed by atoms with Crippen LogP contribution in [0.15, 0.2) is 18.2 Å². The third-order valence-corrected chi connectivity index (χ3v) is 4.37. The zero-order chi connectivity index (χ0) is 15.5. The van der Waals surface area contributed by atoms with E-state index in [0.29, 0.717) is 29.2 Å². The first-order chi connectivity index (χ1) is 9.99. The Bertz CT molecular complexity index is 550. The number of rotatable bonds is 5. The van der Waals surface area contributed by atoms with Crippen molar-refractivity contribution in [3.8, 4) is 0 Å². The van der Waals surface area contributed by atoms with E-state index >= 15 is 0 Å². The van der Waals surface area contributed by atoms with Crippen LogP contribution in [-0.2, 0) is 9.53 Å². The lowest BCUT2D eigenvalue weighted by Crippen LogP contribution is -2.40. The molecule has 21 heavy (non-hydrogen) atoms. The molecule has 3 N–H and O–H groups in total. The van der Waals surface area contributed by atoms with E-state index in [-0.39, 0.29) is 11.3 Å². The van der Waals surface area contributed by atoms with Crippen LogP contribution in [0.2, 0.25) is 5.02 Å². The average molecular weight is 311 g/mol. The topological polar surface area (TPSA) is 81.4 Å². The molecule has 1 aromatic carbocycles. The highest BCUT2D eigenvalue weighted by atomic mass is 35.5. The van der Waals surface area contributed by atoms with Crippen molar-refractivity contribution in [1.29, 1.82) is 0 Å². The molecule has 0 bridgehead atoms. The fourth-order valence-corrected chi connectivity index (χ4v) is 2.70. The SMILES string of the molecule is COC(=O)c1ccc(Cl)c(NC(=O)CC2(CN)CCC2)c1. The molecule has 0 unspecified atom stereocenters. The number of halogens is 1. The maximum atomic E-state index is 12.1. The van der Waals surface area contributed by atoms with Crippen LogP contribution in [0.1, 0.15) is 36.0 Å². The lowest BCUT2D eigenvalue weighted by molar-refractivity contribution is -0.119. The number of carbonyl (C=O) groups is 2. The summed E-state index contributed by atoms with van der Waals surface area (Å²) in [6, 6.07) is 4.63. The second kappa shape index (κ2) is 6.45. The van der Waals surface area contributed by atoms with Crippen LogP contribution < -0.4 is 11.1 Å². The van der Waals surface area contributed by atoms with Crippen LogP contribution in [0.4, 0.5) is 5.69 Å². The minimum absolute atomic E-state index is 0.0729. The number of anilines is 1. The number of methoxy groups -OCH3 is 1. The molecule has 2 rings (SSSR count). The molecule has 0 radical (unpaired) electrons. The zero-order valence-corrected chi connectivity index (χ0v) is 12.7. The maximum absolute atomic E-state index is 12.1. The number of carbonyl (C=O) groups excluding carboxylic acids is 2. The molecule has 114 valence electrons.